The van der Waals surface area contributed by atoms with Crippen LogP contribution < -0.4 is 5.43 Å². The summed E-state index contributed by atoms with van der Waals surface area (Å²) in [6.07, 6.45) is 1.68. The summed E-state index contributed by atoms with van der Waals surface area (Å²) in [7, 11) is 0. The summed E-state index contributed by atoms with van der Waals surface area (Å²) in [6.45, 7) is 7.16. The molecule has 0 aliphatic rings. The third-order valence-electron chi connectivity index (χ3n) is 7.08. The molecule has 0 fully saturated rings. The van der Waals surface area contributed by atoms with Gasteiger partial charge in [0.15, 0.2) is 11.0 Å². The van der Waals surface area contributed by atoms with Gasteiger partial charge in [0.1, 0.15) is 0 Å². The molecule has 0 bridgehead atoms. The molecule has 2 aromatic heterocycles. The molecule has 7 nitrogen and oxygen atoms in total. The largest absolute Gasteiger partial charge is 0.341 e. The Morgan fingerprint density at radius 3 is 2.34 bits per heavy atom. The van der Waals surface area contributed by atoms with E-state index in [1.165, 1.54) is 44.7 Å². The van der Waals surface area contributed by atoms with Crippen molar-refractivity contribution in [3.63, 3.8) is 0 Å². The standard InChI is InChI=1S/C33H30N6OS/c1-4-38-29-8-6-5-7-27(29)28-19-24(13-18-30(28)38)20-34-35-31(40)21-41-33-37-36-32(25-14-9-22(2)10-15-25)39(33)26-16-11-23(3)12-17-26/h5-20H,4,21H2,1-3H3,(H,35,40). The van der Waals surface area contributed by atoms with Crippen molar-refractivity contribution >= 4 is 45.7 Å². The molecule has 0 atom stereocenters. The molecule has 0 radical (unpaired) electrons. The lowest BCUT2D eigenvalue weighted by atomic mass is 10.1. The molecule has 1 N–H and O–H groups in total. The number of carbonyl (C=O) groups excluding carboxylic acids is 1. The molecule has 0 unspecified atom stereocenters. The third-order valence-corrected chi connectivity index (χ3v) is 8.01. The number of aryl methyl sites for hydroxylation is 3. The first kappa shape index (κ1) is 26.5. The van der Waals surface area contributed by atoms with E-state index in [9.17, 15) is 4.79 Å². The molecule has 2 heterocycles. The molecule has 0 saturated carbocycles. The smallest absolute Gasteiger partial charge is 0.250 e. The van der Waals surface area contributed by atoms with Crippen molar-refractivity contribution in [2.45, 2.75) is 32.5 Å². The van der Waals surface area contributed by atoms with Gasteiger partial charge in [0.2, 0.25) is 0 Å². The number of hydrazone groups is 1. The minimum absolute atomic E-state index is 0.151. The number of rotatable bonds is 8. The lowest BCUT2D eigenvalue weighted by Gasteiger charge is -2.11. The lowest BCUT2D eigenvalue weighted by molar-refractivity contribution is -0.118. The van der Waals surface area contributed by atoms with Crippen LogP contribution in [-0.4, -0.2) is 37.2 Å². The molecule has 0 aliphatic carbocycles. The molecule has 0 aliphatic heterocycles. The van der Waals surface area contributed by atoms with E-state index in [0.717, 1.165) is 29.2 Å². The molecule has 6 rings (SSSR count). The highest BCUT2D eigenvalue weighted by atomic mass is 32.2. The fourth-order valence-corrected chi connectivity index (χ4v) is 5.76. The van der Waals surface area contributed by atoms with Gasteiger partial charge in [-0.1, -0.05) is 83.6 Å². The number of hydrogen-bond acceptors (Lipinski definition) is 5. The number of amides is 1. The first-order valence-corrected chi connectivity index (χ1v) is 14.6. The van der Waals surface area contributed by atoms with Crippen LogP contribution in [0.2, 0.25) is 0 Å². The Hall–Kier alpha value is -4.69. The topological polar surface area (TPSA) is 77.1 Å². The zero-order valence-corrected chi connectivity index (χ0v) is 24.0. The van der Waals surface area contributed by atoms with Crippen LogP contribution in [0.1, 0.15) is 23.6 Å². The number of thioether (sulfide) groups is 1. The summed E-state index contributed by atoms with van der Waals surface area (Å²) >= 11 is 1.33. The van der Waals surface area contributed by atoms with Crippen molar-refractivity contribution in [3.8, 4) is 17.1 Å². The first-order chi connectivity index (χ1) is 20.0. The van der Waals surface area contributed by atoms with Gasteiger partial charge in [-0.25, -0.2) is 5.43 Å². The fourth-order valence-electron chi connectivity index (χ4n) is 5.01. The van der Waals surface area contributed by atoms with Crippen LogP contribution in [0.5, 0.6) is 0 Å². The van der Waals surface area contributed by atoms with Crippen LogP contribution in [0.25, 0.3) is 38.9 Å². The van der Waals surface area contributed by atoms with Crippen molar-refractivity contribution in [1.82, 2.24) is 24.8 Å². The molecule has 0 saturated heterocycles. The summed E-state index contributed by atoms with van der Waals surface area (Å²) < 4.78 is 4.30. The molecule has 4 aromatic carbocycles. The van der Waals surface area contributed by atoms with Gasteiger partial charge in [-0.15, -0.1) is 10.2 Å². The Labute approximate surface area is 242 Å². The molecule has 6 aromatic rings. The summed E-state index contributed by atoms with van der Waals surface area (Å²) in [5.41, 5.74) is 10.2. The summed E-state index contributed by atoms with van der Waals surface area (Å²) in [6, 6.07) is 31.1. The number of aromatic nitrogens is 4. The maximum atomic E-state index is 12.7. The van der Waals surface area contributed by atoms with Crippen molar-refractivity contribution in [2.24, 2.45) is 5.10 Å². The molecule has 204 valence electrons. The zero-order valence-electron chi connectivity index (χ0n) is 23.2. The van der Waals surface area contributed by atoms with Crippen molar-refractivity contribution in [1.29, 1.82) is 0 Å². The van der Waals surface area contributed by atoms with E-state index in [1.807, 2.05) is 34.9 Å². The average molecular weight is 559 g/mol. The van der Waals surface area contributed by atoms with Gasteiger partial charge in [0, 0.05) is 39.6 Å². The van der Waals surface area contributed by atoms with Crippen molar-refractivity contribution < 1.29 is 4.79 Å². The van der Waals surface area contributed by atoms with E-state index in [0.29, 0.717) is 5.16 Å². The van der Waals surface area contributed by atoms with Gasteiger partial charge in [-0.2, -0.15) is 5.10 Å². The molecule has 0 spiro atoms. The van der Waals surface area contributed by atoms with Crippen LogP contribution >= 0.6 is 11.8 Å². The summed E-state index contributed by atoms with van der Waals surface area (Å²) in [5, 5.41) is 16.2. The predicted octanol–water partition coefficient (Wildman–Crippen LogP) is 6.92. The summed E-state index contributed by atoms with van der Waals surface area (Å²) in [5.74, 6) is 0.665. The van der Waals surface area contributed by atoms with E-state index in [-0.39, 0.29) is 11.7 Å². The minimum Gasteiger partial charge on any atom is -0.341 e. The molecular weight excluding hydrogens is 528 g/mol. The molecule has 41 heavy (non-hydrogen) atoms. The first-order valence-electron chi connectivity index (χ1n) is 13.6. The molecule has 1 amide bonds. The predicted molar refractivity (Wildman–Crippen MR) is 168 cm³/mol. The van der Waals surface area contributed by atoms with Gasteiger partial charge in [-0.05, 0) is 56.7 Å². The molecule has 8 heteroatoms. The second-order valence-electron chi connectivity index (χ2n) is 9.96. The van der Waals surface area contributed by atoms with E-state index in [4.69, 9.17) is 0 Å². The van der Waals surface area contributed by atoms with E-state index in [1.54, 1.807) is 6.21 Å². The van der Waals surface area contributed by atoms with E-state index >= 15 is 0 Å². The SMILES string of the molecule is CCn1c2ccccc2c2cc(C=NNC(=O)CSc3nnc(-c4ccc(C)cc4)n3-c3ccc(C)cc3)ccc21. The maximum Gasteiger partial charge on any atom is 0.250 e. The van der Waals surface area contributed by atoms with Gasteiger partial charge in [-0.3, -0.25) is 9.36 Å². The number of benzene rings is 4. The Morgan fingerprint density at radius 1 is 0.878 bits per heavy atom. The second kappa shape index (κ2) is 11.4. The molecular formula is C33H30N6OS. The normalized spacial score (nSPS) is 11.6. The van der Waals surface area contributed by atoms with Crippen LogP contribution in [0.3, 0.4) is 0 Å². The number of nitrogens with one attached hydrogen (secondary N) is 1. The summed E-state index contributed by atoms with van der Waals surface area (Å²) in [4.78, 5) is 12.7. The lowest BCUT2D eigenvalue weighted by Crippen LogP contribution is -2.20. The highest BCUT2D eigenvalue weighted by Gasteiger charge is 2.17. The van der Waals surface area contributed by atoms with Gasteiger partial charge >= 0.3 is 0 Å². The van der Waals surface area contributed by atoms with Crippen LogP contribution in [-0.2, 0) is 11.3 Å². The number of nitrogens with zero attached hydrogens (tertiary/aromatic N) is 5. The number of hydrogen-bond donors (Lipinski definition) is 1. The second-order valence-corrected chi connectivity index (χ2v) is 10.9. The van der Waals surface area contributed by atoms with E-state index in [2.05, 4.69) is 107 Å². The average Bonchev–Trinajstić information content (AvgIpc) is 3.56. The van der Waals surface area contributed by atoms with Gasteiger partial charge in [0.25, 0.3) is 5.91 Å². The Balaban J connectivity index is 1.18. The minimum atomic E-state index is -0.217. The van der Waals surface area contributed by atoms with E-state index < -0.39 is 0 Å². The number of fused-ring (bicyclic) bond motifs is 3. The Bertz CT molecular complexity index is 1880. The highest BCUT2D eigenvalue weighted by Crippen LogP contribution is 2.30. The Morgan fingerprint density at radius 2 is 1.59 bits per heavy atom. The van der Waals surface area contributed by atoms with Crippen LogP contribution in [0, 0.1) is 13.8 Å². The number of para-hydroxylation sites is 1. The third kappa shape index (κ3) is 5.38. The maximum absolute atomic E-state index is 12.7. The highest BCUT2D eigenvalue weighted by molar-refractivity contribution is 7.99. The van der Waals surface area contributed by atoms with Crippen LogP contribution in [0.4, 0.5) is 0 Å². The Kier molecular flexibility index (Phi) is 7.39. The monoisotopic (exact) mass is 558 g/mol. The number of carbonyl (C=O) groups is 1. The van der Waals surface area contributed by atoms with Gasteiger partial charge in [0.05, 0.1) is 12.0 Å². The van der Waals surface area contributed by atoms with Crippen molar-refractivity contribution in [2.75, 3.05) is 5.75 Å². The van der Waals surface area contributed by atoms with Gasteiger partial charge < -0.3 is 4.57 Å². The quantitative estimate of drug-likeness (QED) is 0.125. The zero-order chi connectivity index (χ0) is 28.3. The van der Waals surface area contributed by atoms with Crippen LogP contribution in [0.15, 0.2) is 101 Å². The fraction of sp³-hybridized carbons (Fsp3) is 0.152. The van der Waals surface area contributed by atoms with Crippen molar-refractivity contribution in [3.05, 3.63) is 108 Å².